The summed E-state index contributed by atoms with van der Waals surface area (Å²) in [5.41, 5.74) is 5.79. The summed E-state index contributed by atoms with van der Waals surface area (Å²) in [6.45, 7) is 7.35. The van der Waals surface area contributed by atoms with Gasteiger partial charge in [-0.05, 0) is 32.9 Å². The fraction of sp³-hybridized carbons (Fsp3) is 0.571. The van der Waals surface area contributed by atoms with Crippen LogP contribution in [0.3, 0.4) is 0 Å². The van der Waals surface area contributed by atoms with E-state index in [2.05, 4.69) is 0 Å². The van der Waals surface area contributed by atoms with Gasteiger partial charge in [-0.1, -0.05) is 12.1 Å². The molecule has 1 aromatic carbocycles. The van der Waals surface area contributed by atoms with Crippen LogP contribution in [0.25, 0.3) is 0 Å². The van der Waals surface area contributed by atoms with Crippen molar-refractivity contribution in [3.8, 4) is 11.5 Å². The van der Waals surface area contributed by atoms with Crippen LogP contribution in [0.2, 0.25) is 0 Å². The van der Waals surface area contributed by atoms with Crippen molar-refractivity contribution in [3.05, 3.63) is 24.3 Å². The van der Waals surface area contributed by atoms with Gasteiger partial charge in [0, 0.05) is 17.0 Å². The molecule has 1 rings (SSSR count). The number of nitrogens with two attached hydrogens (primary N) is 1. The Bertz CT molecular complexity index is 350. The van der Waals surface area contributed by atoms with E-state index in [1.54, 1.807) is 0 Å². The molecular weight excluding hydrogens is 246 g/mol. The lowest BCUT2D eigenvalue weighted by Gasteiger charge is -2.17. The normalized spacial score (nSPS) is 11.3. The molecule has 0 unspecified atom stereocenters. The van der Waals surface area contributed by atoms with E-state index in [0.29, 0.717) is 13.2 Å². The first-order valence-corrected chi connectivity index (χ1v) is 7.39. The maximum Gasteiger partial charge on any atom is 0.161 e. The van der Waals surface area contributed by atoms with Crippen molar-refractivity contribution >= 4 is 11.8 Å². The van der Waals surface area contributed by atoms with Gasteiger partial charge in [0.05, 0.1) is 13.2 Å². The molecule has 0 aliphatic carbocycles. The molecule has 0 saturated heterocycles. The first-order valence-electron chi connectivity index (χ1n) is 6.24. The molecule has 0 aromatic heterocycles. The van der Waals surface area contributed by atoms with Crippen LogP contribution in [0.15, 0.2) is 24.3 Å². The molecule has 0 bridgehead atoms. The SMILES string of the molecule is CCOc1ccccc1OCCSCC(C)(C)N. The predicted octanol–water partition coefficient (Wildman–Crippen LogP) is 2.93. The Kier molecular flexibility index (Phi) is 6.36. The van der Waals surface area contributed by atoms with Crippen molar-refractivity contribution in [3.63, 3.8) is 0 Å². The summed E-state index contributed by atoms with van der Waals surface area (Å²) in [6.07, 6.45) is 0. The fourth-order valence-corrected chi connectivity index (χ4v) is 2.26. The summed E-state index contributed by atoms with van der Waals surface area (Å²) in [6, 6.07) is 7.76. The molecule has 1 aromatic rings. The molecule has 0 radical (unpaired) electrons. The van der Waals surface area contributed by atoms with Crippen LogP contribution >= 0.6 is 11.8 Å². The van der Waals surface area contributed by atoms with Gasteiger partial charge in [0.25, 0.3) is 0 Å². The van der Waals surface area contributed by atoms with E-state index >= 15 is 0 Å². The molecule has 0 aliphatic heterocycles. The standard InChI is InChI=1S/C14H23NO2S/c1-4-16-12-7-5-6-8-13(12)17-9-10-18-11-14(2,3)15/h5-8H,4,9-11,15H2,1-3H3. The summed E-state index contributed by atoms with van der Waals surface area (Å²) < 4.78 is 11.2. The highest BCUT2D eigenvalue weighted by Gasteiger charge is 2.10. The predicted molar refractivity (Wildman–Crippen MR) is 78.7 cm³/mol. The van der Waals surface area contributed by atoms with Gasteiger partial charge in [-0.25, -0.2) is 0 Å². The van der Waals surface area contributed by atoms with Crippen molar-refractivity contribution < 1.29 is 9.47 Å². The Morgan fingerprint density at radius 1 is 1.17 bits per heavy atom. The van der Waals surface area contributed by atoms with Crippen LogP contribution < -0.4 is 15.2 Å². The number of benzene rings is 1. The molecular formula is C14H23NO2S. The molecule has 0 atom stereocenters. The third-order valence-corrected chi connectivity index (χ3v) is 3.51. The molecule has 0 aliphatic rings. The van der Waals surface area contributed by atoms with Gasteiger partial charge in [0.15, 0.2) is 11.5 Å². The molecule has 4 heteroatoms. The summed E-state index contributed by atoms with van der Waals surface area (Å²) in [7, 11) is 0. The molecule has 3 nitrogen and oxygen atoms in total. The maximum atomic E-state index is 5.91. The minimum Gasteiger partial charge on any atom is -0.490 e. The molecule has 0 amide bonds. The lowest BCUT2D eigenvalue weighted by molar-refractivity contribution is 0.289. The van der Waals surface area contributed by atoms with Gasteiger partial charge in [0.2, 0.25) is 0 Å². The van der Waals surface area contributed by atoms with E-state index in [9.17, 15) is 0 Å². The summed E-state index contributed by atoms with van der Waals surface area (Å²) in [5.74, 6) is 3.49. The topological polar surface area (TPSA) is 44.5 Å². The van der Waals surface area contributed by atoms with Gasteiger partial charge in [0.1, 0.15) is 0 Å². The fourth-order valence-electron chi connectivity index (χ4n) is 1.39. The zero-order chi connectivity index (χ0) is 13.4. The highest BCUT2D eigenvalue weighted by atomic mass is 32.2. The van der Waals surface area contributed by atoms with E-state index < -0.39 is 0 Å². The molecule has 0 heterocycles. The third kappa shape index (κ3) is 6.17. The first kappa shape index (κ1) is 15.2. The highest BCUT2D eigenvalue weighted by molar-refractivity contribution is 7.99. The van der Waals surface area contributed by atoms with Crippen LogP contribution in [0, 0.1) is 0 Å². The lowest BCUT2D eigenvalue weighted by atomic mass is 10.1. The second kappa shape index (κ2) is 7.54. The number of hydrogen-bond acceptors (Lipinski definition) is 4. The molecule has 0 spiro atoms. The second-order valence-electron chi connectivity index (χ2n) is 4.77. The zero-order valence-electron chi connectivity index (χ0n) is 11.4. The van der Waals surface area contributed by atoms with Gasteiger partial charge in [-0.3, -0.25) is 0 Å². The highest BCUT2D eigenvalue weighted by Crippen LogP contribution is 2.26. The van der Waals surface area contributed by atoms with E-state index in [0.717, 1.165) is 23.0 Å². The summed E-state index contributed by atoms with van der Waals surface area (Å²) in [5, 5.41) is 0. The van der Waals surface area contributed by atoms with Crippen molar-refractivity contribution in [2.75, 3.05) is 24.7 Å². The van der Waals surface area contributed by atoms with Crippen molar-refractivity contribution in [2.24, 2.45) is 5.73 Å². The van der Waals surface area contributed by atoms with Crippen LogP contribution in [0.5, 0.6) is 11.5 Å². The number of hydrogen-bond donors (Lipinski definition) is 1. The average molecular weight is 269 g/mol. The molecule has 18 heavy (non-hydrogen) atoms. The number of thioether (sulfide) groups is 1. The third-order valence-electron chi connectivity index (χ3n) is 2.11. The average Bonchev–Trinajstić information content (AvgIpc) is 2.29. The van der Waals surface area contributed by atoms with Crippen LogP contribution in [0.4, 0.5) is 0 Å². The Hall–Kier alpha value is -0.870. The van der Waals surface area contributed by atoms with Gasteiger partial charge in [-0.15, -0.1) is 0 Å². The van der Waals surface area contributed by atoms with E-state index in [-0.39, 0.29) is 5.54 Å². The Morgan fingerprint density at radius 2 is 1.78 bits per heavy atom. The van der Waals surface area contributed by atoms with Crippen molar-refractivity contribution in [1.29, 1.82) is 0 Å². The summed E-state index contributed by atoms with van der Waals surface area (Å²) >= 11 is 1.81. The Morgan fingerprint density at radius 3 is 2.33 bits per heavy atom. The van der Waals surface area contributed by atoms with E-state index in [4.69, 9.17) is 15.2 Å². The number of ether oxygens (including phenoxy) is 2. The summed E-state index contributed by atoms with van der Waals surface area (Å²) in [4.78, 5) is 0. The Balaban J connectivity index is 2.31. The molecule has 0 fully saturated rings. The first-order chi connectivity index (χ1) is 8.53. The van der Waals surface area contributed by atoms with Gasteiger partial charge in [-0.2, -0.15) is 11.8 Å². The van der Waals surface area contributed by atoms with Crippen LogP contribution in [-0.2, 0) is 0 Å². The van der Waals surface area contributed by atoms with Crippen LogP contribution in [-0.4, -0.2) is 30.3 Å². The second-order valence-corrected chi connectivity index (χ2v) is 5.87. The minimum absolute atomic E-state index is 0.117. The van der Waals surface area contributed by atoms with Gasteiger partial charge >= 0.3 is 0 Å². The Labute approximate surface area is 114 Å². The van der Waals surface area contributed by atoms with Crippen LogP contribution in [0.1, 0.15) is 20.8 Å². The van der Waals surface area contributed by atoms with Gasteiger partial charge < -0.3 is 15.2 Å². The number of para-hydroxylation sites is 2. The smallest absolute Gasteiger partial charge is 0.161 e. The quantitative estimate of drug-likeness (QED) is 0.737. The van der Waals surface area contributed by atoms with Crippen molar-refractivity contribution in [1.82, 2.24) is 0 Å². The molecule has 102 valence electrons. The van der Waals surface area contributed by atoms with Crippen molar-refractivity contribution in [2.45, 2.75) is 26.3 Å². The zero-order valence-corrected chi connectivity index (χ0v) is 12.3. The lowest BCUT2D eigenvalue weighted by Crippen LogP contribution is -2.34. The monoisotopic (exact) mass is 269 g/mol. The molecule has 0 saturated carbocycles. The van der Waals surface area contributed by atoms with E-state index in [1.807, 2.05) is 56.8 Å². The van der Waals surface area contributed by atoms with E-state index in [1.165, 1.54) is 0 Å². The largest absolute Gasteiger partial charge is 0.490 e. The molecule has 2 N–H and O–H groups in total. The number of rotatable bonds is 8. The minimum atomic E-state index is -0.117. The maximum absolute atomic E-state index is 5.91.